The van der Waals surface area contributed by atoms with Crippen LogP contribution in [0.5, 0.6) is 0 Å². The summed E-state index contributed by atoms with van der Waals surface area (Å²) in [6, 6.07) is 8.49. The van der Waals surface area contributed by atoms with E-state index in [1.165, 1.54) is 22.1 Å². The topological polar surface area (TPSA) is 76.3 Å². The van der Waals surface area contributed by atoms with Crippen LogP contribution in [-0.2, 0) is 6.54 Å². The molecule has 0 N–H and O–H groups in total. The lowest BCUT2D eigenvalue weighted by Crippen LogP contribution is -2.49. The summed E-state index contributed by atoms with van der Waals surface area (Å²) in [4.78, 5) is 29.3. The number of carbonyl (C=O) groups is 1. The van der Waals surface area contributed by atoms with E-state index in [9.17, 15) is 9.59 Å². The minimum absolute atomic E-state index is 0.0290. The van der Waals surface area contributed by atoms with Crippen molar-refractivity contribution >= 4 is 28.8 Å². The molecule has 0 radical (unpaired) electrons. The fourth-order valence-corrected chi connectivity index (χ4v) is 4.13. The number of thiophene rings is 1. The monoisotopic (exact) mass is 418 g/mol. The van der Waals surface area contributed by atoms with Gasteiger partial charge in [-0.05, 0) is 24.3 Å². The summed E-state index contributed by atoms with van der Waals surface area (Å²) in [6.45, 7) is 4.02. The van der Waals surface area contributed by atoms with E-state index in [1.807, 2.05) is 11.0 Å². The van der Waals surface area contributed by atoms with Crippen molar-refractivity contribution in [3.8, 4) is 5.82 Å². The van der Waals surface area contributed by atoms with Crippen molar-refractivity contribution in [3.05, 3.63) is 62.3 Å². The average molecular weight is 419 g/mol. The summed E-state index contributed by atoms with van der Waals surface area (Å²) in [7, 11) is 0. The molecule has 0 aromatic carbocycles. The number of hydrogen-bond acceptors (Lipinski definition) is 6. The normalized spacial score (nSPS) is 15.1. The fraction of sp³-hybridized carbons (Fsp3) is 0.333. The lowest BCUT2D eigenvalue weighted by atomic mass is 10.3. The molecule has 8 nitrogen and oxygen atoms in total. The average Bonchev–Trinajstić information content (AvgIpc) is 3.39. The first-order chi connectivity index (χ1) is 13.6. The molecule has 3 aromatic heterocycles. The molecule has 1 aliphatic heterocycles. The third kappa shape index (κ3) is 4.16. The fourth-order valence-electron chi connectivity index (χ4n) is 3.12. The number of aromatic nitrogens is 4. The van der Waals surface area contributed by atoms with Crippen LogP contribution in [-0.4, -0.2) is 68.0 Å². The van der Waals surface area contributed by atoms with E-state index in [2.05, 4.69) is 15.1 Å². The molecule has 28 heavy (non-hydrogen) atoms. The van der Waals surface area contributed by atoms with Crippen molar-refractivity contribution < 1.29 is 4.79 Å². The molecule has 3 aromatic rings. The predicted octanol–water partition coefficient (Wildman–Crippen LogP) is 1.60. The Kier molecular flexibility index (Phi) is 5.56. The molecule has 0 bridgehead atoms. The Morgan fingerprint density at radius 1 is 1.11 bits per heavy atom. The lowest BCUT2D eigenvalue weighted by Gasteiger charge is -2.34. The third-order valence-electron chi connectivity index (χ3n) is 4.66. The number of halogens is 1. The van der Waals surface area contributed by atoms with Gasteiger partial charge in [-0.1, -0.05) is 11.6 Å². The van der Waals surface area contributed by atoms with Crippen LogP contribution < -0.4 is 5.56 Å². The van der Waals surface area contributed by atoms with Gasteiger partial charge in [-0.2, -0.15) is 5.10 Å². The maximum Gasteiger partial charge on any atom is 0.266 e. The molecule has 0 atom stereocenters. The maximum atomic E-state index is 12.5. The highest BCUT2D eigenvalue weighted by Crippen LogP contribution is 2.23. The van der Waals surface area contributed by atoms with Crippen LogP contribution in [0.3, 0.4) is 0 Å². The van der Waals surface area contributed by atoms with Gasteiger partial charge in [-0.3, -0.25) is 14.5 Å². The van der Waals surface area contributed by atoms with Gasteiger partial charge in [0.1, 0.15) is 0 Å². The van der Waals surface area contributed by atoms with E-state index in [0.717, 1.165) is 13.1 Å². The molecule has 1 fully saturated rings. The highest BCUT2D eigenvalue weighted by atomic mass is 35.5. The minimum Gasteiger partial charge on any atom is -0.335 e. The van der Waals surface area contributed by atoms with Crippen molar-refractivity contribution in [3.63, 3.8) is 0 Å². The Morgan fingerprint density at radius 2 is 1.93 bits per heavy atom. The van der Waals surface area contributed by atoms with Crippen molar-refractivity contribution in [2.75, 3.05) is 32.7 Å². The number of nitrogens with zero attached hydrogens (tertiary/aromatic N) is 6. The van der Waals surface area contributed by atoms with Gasteiger partial charge in [0.15, 0.2) is 5.82 Å². The van der Waals surface area contributed by atoms with Gasteiger partial charge in [0.2, 0.25) is 0 Å². The molecule has 1 aliphatic rings. The minimum atomic E-state index is -0.140. The first kappa shape index (κ1) is 18.9. The molecule has 10 heteroatoms. The first-order valence-corrected chi connectivity index (χ1v) is 10.1. The van der Waals surface area contributed by atoms with E-state index in [4.69, 9.17) is 11.6 Å². The summed E-state index contributed by atoms with van der Waals surface area (Å²) in [5.41, 5.74) is -0.140. The molecular weight excluding hydrogens is 400 g/mol. The second-order valence-corrected chi connectivity index (χ2v) is 8.16. The number of piperazine rings is 1. The highest BCUT2D eigenvalue weighted by Gasteiger charge is 2.23. The molecule has 1 saturated heterocycles. The number of carbonyl (C=O) groups excluding carboxylic acids is 1. The van der Waals surface area contributed by atoms with E-state index in [1.54, 1.807) is 35.3 Å². The largest absolute Gasteiger partial charge is 0.335 e. The van der Waals surface area contributed by atoms with E-state index in [-0.39, 0.29) is 11.5 Å². The summed E-state index contributed by atoms with van der Waals surface area (Å²) in [5, 5.41) is 8.53. The summed E-state index contributed by atoms with van der Waals surface area (Å²) in [6.07, 6.45) is 3.45. The van der Waals surface area contributed by atoms with E-state index < -0.39 is 0 Å². The third-order valence-corrected chi connectivity index (χ3v) is 5.88. The van der Waals surface area contributed by atoms with Gasteiger partial charge >= 0.3 is 0 Å². The molecule has 4 heterocycles. The molecule has 0 unspecified atom stereocenters. The molecule has 1 amide bonds. The quantitative estimate of drug-likeness (QED) is 0.629. The van der Waals surface area contributed by atoms with Gasteiger partial charge < -0.3 is 4.90 Å². The molecular formula is C18H19ClN6O2S. The lowest BCUT2D eigenvalue weighted by molar-refractivity contribution is 0.0636. The van der Waals surface area contributed by atoms with Gasteiger partial charge in [0.05, 0.1) is 15.8 Å². The summed E-state index contributed by atoms with van der Waals surface area (Å²) in [5.74, 6) is 0.635. The van der Waals surface area contributed by atoms with Gasteiger partial charge in [0.25, 0.3) is 11.5 Å². The van der Waals surface area contributed by atoms with Crippen molar-refractivity contribution in [2.45, 2.75) is 6.54 Å². The molecule has 4 rings (SSSR count). The zero-order valence-electron chi connectivity index (χ0n) is 15.1. The van der Waals surface area contributed by atoms with Crippen LogP contribution >= 0.6 is 22.9 Å². The molecule has 146 valence electrons. The van der Waals surface area contributed by atoms with E-state index in [0.29, 0.717) is 41.2 Å². The summed E-state index contributed by atoms with van der Waals surface area (Å²) < 4.78 is 3.71. The zero-order valence-corrected chi connectivity index (χ0v) is 16.6. The molecule has 0 saturated carbocycles. The Morgan fingerprint density at radius 3 is 2.61 bits per heavy atom. The SMILES string of the molecule is O=C(c1ccc(Cl)s1)N1CCN(CCn2nc(-n3cccn3)ccc2=O)CC1. The smallest absolute Gasteiger partial charge is 0.266 e. The van der Waals surface area contributed by atoms with Crippen LogP contribution in [0.2, 0.25) is 4.34 Å². The second-order valence-electron chi connectivity index (χ2n) is 6.44. The molecule has 0 aliphatic carbocycles. The first-order valence-electron chi connectivity index (χ1n) is 8.95. The Bertz CT molecular complexity index is 1010. The van der Waals surface area contributed by atoms with Crippen LogP contribution in [0.1, 0.15) is 9.67 Å². The number of rotatable bonds is 5. The predicted molar refractivity (Wildman–Crippen MR) is 107 cm³/mol. The van der Waals surface area contributed by atoms with Crippen LogP contribution in [0.15, 0.2) is 47.5 Å². The number of hydrogen-bond donors (Lipinski definition) is 0. The van der Waals surface area contributed by atoms with Crippen LogP contribution in [0.4, 0.5) is 0 Å². The Balaban J connectivity index is 1.33. The zero-order chi connectivity index (χ0) is 19.5. The Hall–Kier alpha value is -2.49. The van der Waals surface area contributed by atoms with Crippen molar-refractivity contribution in [1.82, 2.24) is 29.4 Å². The standard InChI is InChI=1S/C18H19ClN6O2S/c19-15-3-2-14(28-15)18(27)23-11-8-22(9-12-23)10-13-25-17(26)5-4-16(21-25)24-7-1-6-20-24/h1-7H,8-13H2. The Labute approximate surface area is 170 Å². The maximum absolute atomic E-state index is 12.5. The summed E-state index contributed by atoms with van der Waals surface area (Å²) >= 11 is 7.23. The van der Waals surface area contributed by atoms with E-state index >= 15 is 0 Å². The van der Waals surface area contributed by atoms with Gasteiger partial charge in [-0.15, -0.1) is 16.4 Å². The van der Waals surface area contributed by atoms with Crippen molar-refractivity contribution in [1.29, 1.82) is 0 Å². The highest BCUT2D eigenvalue weighted by molar-refractivity contribution is 7.17. The second kappa shape index (κ2) is 8.26. The molecule has 0 spiro atoms. The van der Waals surface area contributed by atoms with Gasteiger partial charge in [0, 0.05) is 51.2 Å². The van der Waals surface area contributed by atoms with Crippen molar-refractivity contribution in [2.24, 2.45) is 0 Å². The number of amides is 1. The van der Waals surface area contributed by atoms with Crippen LogP contribution in [0, 0.1) is 0 Å². The van der Waals surface area contributed by atoms with Gasteiger partial charge in [-0.25, -0.2) is 9.36 Å². The van der Waals surface area contributed by atoms with Crippen LogP contribution in [0.25, 0.3) is 5.82 Å².